The molecule has 1 aromatic carbocycles. The summed E-state index contributed by atoms with van der Waals surface area (Å²) in [6, 6.07) is 7.71. The van der Waals surface area contributed by atoms with Gasteiger partial charge in [-0.1, -0.05) is 34.1 Å². The van der Waals surface area contributed by atoms with Crippen LogP contribution < -0.4 is 5.69 Å². The second-order valence-corrected chi connectivity index (χ2v) is 4.12. The van der Waals surface area contributed by atoms with Crippen molar-refractivity contribution in [3.63, 3.8) is 0 Å². The summed E-state index contributed by atoms with van der Waals surface area (Å²) in [5.41, 5.74) is 1.75. The summed E-state index contributed by atoms with van der Waals surface area (Å²) >= 11 is 3.41. The number of aryl methyl sites for hydroxylation is 1. The number of rotatable bonds is 2. The van der Waals surface area contributed by atoms with E-state index in [4.69, 9.17) is 0 Å². The standard InChI is InChI=1S/C11H12BrN3O/c1-8-13-15(11(16)14(8)2)10-6-4-3-5-9(10)7-12/h3-6H,7H2,1-2H3. The second-order valence-electron chi connectivity index (χ2n) is 3.56. The van der Waals surface area contributed by atoms with Gasteiger partial charge in [0.05, 0.1) is 5.69 Å². The van der Waals surface area contributed by atoms with E-state index in [1.807, 2.05) is 31.2 Å². The van der Waals surface area contributed by atoms with Crippen LogP contribution >= 0.6 is 15.9 Å². The summed E-state index contributed by atoms with van der Waals surface area (Å²) in [6.07, 6.45) is 0. The van der Waals surface area contributed by atoms with Gasteiger partial charge in [0.15, 0.2) is 0 Å². The maximum absolute atomic E-state index is 11.9. The highest BCUT2D eigenvalue weighted by molar-refractivity contribution is 9.08. The van der Waals surface area contributed by atoms with Crippen LogP contribution in [0.4, 0.5) is 0 Å². The van der Waals surface area contributed by atoms with Crippen LogP contribution in [0.3, 0.4) is 0 Å². The summed E-state index contributed by atoms with van der Waals surface area (Å²) in [6.45, 7) is 1.81. The first-order valence-corrected chi connectivity index (χ1v) is 6.04. The molecular formula is C11H12BrN3O. The Balaban J connectivity index is 2.68. The predicted octanol–water partition coefficient (Wildman–Crippen LogP) is 1.77. The molecule has 0 atom stereocenters. The van der Waals surface area contributed by atoms with E-state index in [0.29, 0.717) is 11.2 Å². The number of para-hydroxylation sites is 1. The molecular weight excluding hydrogens is 270 g/mol. The summed E-state index contributed by atoms with van der Waals surface area (Å²) in [7, 11) is 1.72. The minimum atomic E-state index is -0.120. The van der Waals surface area contributed by atoms with Crippen molar-refractivity contribution in [1.82, 2.24) is 14.3 Å². The van der Waals surface area contributed by atoms with Crippen LogP contribution in [0.5, 0.6) is 0 Å². The van der Waals surface area contributed by atoms with Crippen molar-refractivity contribution >= 4 is 15.9 Å². The lowest BCUT2D eigenvalue weighted by molar-refractivity contribution is 0.792. The van der Waals surface area contributed by atoms with Gasteiger partial charge in [-0.15, -0.1) is 0 Å². The number of hydrogen-bond acceptors (Lipinski definition) is 2. The highest BCUT2D eigenvalue weighted by Crippen LogP contribution is 2.14. The highest BCUT2D eigenvalue weighted by Gasteiger charge is 2.10. The molecule has 5 heteroatoms. The Labute approximate surface area is 102 Å². The maximum atomic E-state index is 11.9. The fourth-order valence-electron chi connectivity index (χ4n) is 1.52. The van der Waals surface area contributed by atoms with Gasteiger partial charge in [0.2, 0.25) is 0 Å². The summed E-state index contributed by atoms with van der Waals surface area (Å²) in [4.78, 5) is 11.9. The molecule has 0 bridgehead atoms. The molecule has 16 heavy (non-hydrogen) atoms. The van der Waals surface area contributed by atoms with Crippen molar-refractivity contribution in [2.45, 2.75) is 12.3 Å². The van der Waals surface area contributed by atoms with E-state index in [0.717, 1.165) is 11.3 Å². The zero-order valence-electron chi connectivity index (χ0n) is 9.14. The van der Waals surface area contributed by atoms with Gasteiger partial charge in [0, 0.05) is 12.4 Å². The SMILES string of the molecule is Cc1nn(-c2ccccc2CBr)c(=O)n1C. The molecule has 2 aromatic rings. The maximum Gasteiger partial charge on any atom is 0.350 e. The predicted molar refractivity (Wildman–Crippen MR) is 66.2 cm³/mol. The van der Waals surface area contributed by atoms with Crippen molar-refractivity contribution in [1.29, 1.82) is 0 Å². The molecule has 0 radical (unpaired) electrons. The number of hydrogen-bond donors (Lipinski definition) is 0. The average molecular weight is 282 g/mol. The average Bonchev–Trinajstić information content (AvgIpc) is 2.57. The van der Waals surface area contributed by atoms with E-state index in [1.165, 1.54) is 9.25 Å². The number of alkyl halides is 1. The number of halogens is 1. The van der Waals surface area contributed by atoms with Gasteiger partial charge in [-0.3, -0.25) is 4.57 Å². The summed E-state index contributed by atoms with van der Waals surface area (Å²) in [5.74, 6) is 0.703. The van der Waals surface area contributed by atoms with Gasteiger partial charge in [0.1, 0.15) is 5.82 Å². The second kappa shape index (κ2) is 4.25. The van der Waals surface area contributed by atoms with Crippen molar-refractivity contribution in [2.75, 3.05) is 0 Å². The van der Waals surface area contributed by atoms with Crippen molar-refractivity contribution < 1.29 is 0 Å². The molecule has 0 fully saturated rings. The lowest BCUT2D eigenvalue weighted by Gasteiger charge is -2.04. The molecule has 4 nitrogen and oxygen atoms in total. The van der Waals surface area contributed by atoms with E-state index in [2.05, 4.69) is 21.0 Å². The summed E-state index contributed by atoms with van der Waals surface area (Å²) in [5, 5.41) is 4.93. The molecule has 84 valence electrons. The third kappa shape index (κ3) is 1.71. The first-order chi connectivity index (χ1) is 7.65. The van der Waals surface area contributed by atoms with Crippen molar-refractivity contribution in [3.8, 4) is 5.69 Å². The molecule has 0 unspecified atom stereocenters. The quantitative estimate of drug-likeness (QED) is 0.788. The van der Waals surface area contributed by atoms with Gasteiger partial charge >= 0.3 is 5.69 Å². The molecule has 0 aliphatic carbocycles. The highest BCUT2D eigenvalue weighted by atomic mass is 79.9. The van der Waals surface area contributed by atoms with Gasteiger partial charge in [-0.2, -0.15) is 9.78 Å². The topological polar surface area (TPSA) is 39.8 Å². The van der Waals surface area contributed by atoms with E-state index in [9.17, 15) is 4.79 Å². The molecule has 0 aliphatic rings. The first kappa shape index (κ1) is 11.1. The third-order valence-corrected chi connectivity index (χ3v) is 3.17. The zero-order valence-corrected chi connectivity index (χ0v) is 10.7. The molecule has 1 heterocycles. The van der Waals surface area contributed by atoms with Crippen molar-refractivity contribution in [3.05, 3.63) is 46.1 Å². The van der Waals surface area contributed by atoms with E-state index >= 15 is 0 Å². The zero-order chi connectivity index (χ0) is 11.7. The van der Waals surface area contributed by atoms with Crippen molar-refractivity contribution in [2.24, 2.45) is 7.05 Å². The van der Waals surface area contributed by atoms with Crippen LogP contribution in [0, 0.1) is 6.92 Å². The van der Waals surface area contributed by atoms with E-state index in [1.54, 1.807) is 7.05 Å². The molecule has 0 aliphatic heterocycles. The van der Waals surface area contributed by atoms with E-state index in [-0.39, 0.29) is 5.69 Å². The minimum absolute atomic E-state index is 0.120. The Morgan fingerprint density at radius 1 is 1.38 bits per heavy atom. The molecule has 0 N–H and O–H groups in total. The van der Waals surface area contributed by atoms with Crippen LogP contribution in [-0.2, 0) is 12.4 Å². The van der Waals surface area contributed by atoms with Crippen LogP contribution in [0.15, 0.2) is 29.1 Å². The number of benzene rings is 1. The minimum Gasteiger partial charge on any atom is -0.282 e. The van der Waals surface area contributed by atoms with Crippen LogP contribution in [-0.4, -0.2) is 14.3 Å². The van der Waals surface area contributed by atoms with E-state index < -0.39 is 0 Å². The smallest absolute Gasteiger partial charge is 0.282 e. The number of aromatic nitrogens is 3. The Morgan fingerprint density at radius 3 is 2.62 bits per heavy atom. The van der Waals surface area contributed by atoms with Gasteiger partial charge in [0.25, 0.3) is 0 Å². The fourth-order valence-corrected chi connectivity index (χ4v) is 2.00. The van der Waals surface area contributed by atoms with Gasteiger partial charge in [-0.05, 0) is 18.6 Å². The Kier molecular flexibility index (Phi) is 2.96. The summed E-state index contributed by atoms with van der Waals surface area (Å²) < 4.78 is 2.97. The number of nitrogens with zero attached hydrogens (tertiary/aromatic N) is 3. The van der Waals surface area contributed by atoms with Gasteiger partial charge in [-0.25, -0.2) is 4.79 Å². The largest absolute Gasteiger partial charge is 0.350 e. The van der Waals surface area contributed by atoms with Gasteiger partial charge < -0.3 is 0 Å². The Hall–Kier alpha value is -1.36. The Bertz CT molecular complexity index is 571. The molecule has 0 saturated carbocycles. The fraction of sp³-hybridized carbons (Fsp3) is 0.273. The molecule has 0 amide bonds. The lowest BCUT2D eigenvalue weighted by atomic mass is 10.2. The molecule has 0 saturated heterocycles. The van der Waals surface area contributed by atoms with Crippen LogP contribution in [0.25, 0.3) is 5.69 Å². The monoisotopic (exact) mass is 281 g/mol. The van der Waals surface area contributed by atoms with Crippen LogP contribution in [0.1, 0.15) is 11.4 Å². The first-order valence-electron chi connectivity index (χ1n) is 4.92. The molecule has 2 rings (SSSR count). The molecule has 1 aromatic heterocycles. The van der Waals surface area contributed by atoms with Crippen LogP contribution in [0.2, 0.25) is 0 Å². The molecule has 0 spiro atoms. The Morgan fingerprint density at radius 2 is 2.06 bits per heavy atom. The third-order valence-electron chi connectivity index (χ3n) is 2.56. The normalized spacial score (nSPS) is 10.7. The lowest BCUT2D eigenvalue weighted by Crippen LogP contribution is -2.22.